The van der Waals surface area contributed by atoms with Gasteiger partial charge in [-0.3, -0.25) is 4.79 Å². The van der Waals surface area contributed by atoms with Crippen LogP contribution in [-0.2, 0) is 14.8 Å². The molecule has 2 aliphatic heterocycles. The molecule has 1 atom stereocenters. The number of carbonyl (C=O) groups excluding carboxylic acids is 1. The Hall–Kier alpha value is -1.44. The van der Waals surface area contributed by atoms with Crippen molar-refractivity contribution in [3.63, 3.8) is 0 Å². The number of carbonyl (C=O) groups is 1. The van der Waals surface area contributed by atoms with Crippen LogP contribution in [-0.4, -0.2) is 61.8 Å². The van der Waals surface area contributed by atoms with E-state index in [1.807, 2.05) is 0 Å². The number of rotatable bonds is 7. The molecular weight excluding hydrogens is 362 g/mol. The topological polar surface area (TPSA) is 69.7 Å². The lowest BCUT2D eigenvalue weighted by molar-refractivity contribution is -0.125. The van der Waals surface area contributed by atoms with Crippen molar-refractivity contribution in [2.24, 2.45) is 0 Å². The van der Waals surface area contributed by atoms with Gasteiger partial charge >= 0.3 is 0 Å². The third-order valence-electron chi connectivity index (χ3n) is 5.62. The first kappa shape index (κ1) is 20.3. The van der Waals surface area contributed by atoms with Crippen LogP contribution in [0.1, 0.15) is 45.4 Å². The highest BCUT2D eigenvalue weighted by atomic mass is 32.2. The van der Waals surface area contributed by atoms with E-state index in [4.69, 9.17) is 0 Å². The molecule has 1 unspecified atom stereocenters. The van der Waals surface area contributed by atoms with E-state index >= 15 is 0 Å². The summed E-state index contributed by atoms with van der Waals surface area (Å²) in [6.07, 6.45) is 5.60. The average Bonchev–Trinajstić information content (AvgIpc) is 3.19. The third kappa shape index (κ3) is 4.89. The van der Waals surface area contributed by atoms with Gasteiger partial charge in [0.1, 0.15) is 6.04 Å². The van der Waals surface area contributed by atoms with E-state index in [0.717, 1.165) is 38.9 Å². The first-order valence-electron chi connectivity index (χ1n) is 10.1. The van der Waals surface area contributed by atoms with Crippen molar-refractivity contribution in [3.8, 4) is 0 Å². The van der Waals surface area contributed by atoms with Crippen molar-refractivity contribution in [2.75, 3.05) is 26.2 Å². The Balaban J connectivity index is 1.58. The monoisotopic (exact) mass is 393 g/mol. The highest BCUT2D eigenvalue weighted by Crippen LogP contribution is 2.26. The van der Waals surface area contributed by atoms with Crippen molar-refractivity contribution in [1.29, 1.82) is 0 Å². The molecule has 0 aromatic heterocycles. The zero-order valence-corrected chi connectivity index (χ0v) is 17.0. The van der Waals surface area contributed by atoms with E-state index < -0.39 is 16.1 Å². The van der Waals surface area contributed by atoms with Crippen molar-refractivity contribution >= 4 is 15.9 Å². The molecule has 0 spiro atoms. The number of likely N-dealkylation sites (tertiary alicyclic amines) is 1. The summed E-state index contributed by atoms with van der Waals surface area (Å²) in [7, 11) is -3.63. The molecule has 0 radical (unpaired) electrons. The number of hydrogen-bond donors (Lipinski definition) is 1. The minimum Gasteiger partial charge on any atom is -0.352 e. The van der Waals surface area contributed by atoms with Gasteiger partial charge in [-0.25, -0.2) is 8.42 Å². The zero-order valence-electron chi connectivity index (χ0n) is 16.1. The molecule has 27 heavy (non-hydrogen) atoms. The van der Waals surface area contributed by atoms with Crippen LogP contribution in [0.2, 0.25) is 0 Å². The molecule has 150 valence electrons. The summed E-state index contributed by atoms with van der Waals surface area (Å²) in [4.78, 5) is 15.5. The number of unbranched alkanes of at least 4 members (excludes halogenated alkanes) is 1. The van der Waals surface area contributed by atoms with Gasteiger partial charge in [0, 0.05) is 25.7 Å². The molecule has 6 nitrogen and oxygen atoms in total. The second-order valence-corrected chi connectivity index (χ2v) is 9.46. The Bertz CT molecular complexity index is 715. The van der Waals surface area contributed by atoms with Crippen LogP contribution in [0.5, 0.6) is 0 Å². The summed E-state index contributed by atoms with van der Waals surface area (Å²) in [5, 5.41) is 3.12. The molecule has 2 aliphatic rings. The van der Waals surface area contributed by atoms with Crippen LogP contribution < -0.4 is 5.32 Å². The third-order valence-corrected chi connectivity index (χ3v) is 7.54. The second-order valence-electron chi connectivity index (χ2n) is 7.56. The number of benzene rings is 1. The number of amides is 1. The lowest BCUT2D eigenvalue weighted by atomic mass is 10.0. The van der Waals surface area contributed by atoms with Crippen LogP contribution >= 0.6 is 0 Å². The highest BCUT2D eigenvalue weighted by molar-refractivity contribution is 7.89. The standard InChI is InChI=1S/C20H31N3O3S/c1-2-3-13-22-15-11-17(12-16-22)21-20(24)19-10-7-14-23(19)27(25,26)18-8-5-4-6-9-18/h4-6,8-9,17,19H,2-3,7,10-16H2,1H3,(H,21,24). The van der Waals surface area contributed by atoms with E-state index in [0.29, 0.717) is 13.0 Å². The van der Waals surface area contributed by atoms with Gasteiger partial charge < -0.3 is 10.2 Å². The number of nitrogens with zero attached hydrogens (tertiary/aromatic N) is 2. The van der Waals surface area contributed by atoms with Crippen molar-refractivity contribution < 1.29 is 13.2 Å². The van der Waals surface area contributed by atoms with E-state index in [1.165, 1.54) is 17.1 Å². The summed E-state index contributed by atoms with van der Waals surface area (Å²) < 4.78 is 27.2. The summed E-state index contributed by atoms with van der Waals surface area (Å²) in [6, 6.07) is 7.96. The summed E-state index contributed by atoms with van der Waals surface area (Å²) in [5.74, 6) is -0.140. The molecular formula is C20H31N3O3S. The summed E-state index contributed by atoms with van der Waals surface area (Å²) >= 11 is 0. The van der Waals surface area contributed by atoms with Gasteiger partial charge in [0.15, 0.2) is 0 Å². The minimum absolute atomic E-state index is 0.140. The first-order valence-corrected chi connectivity index (χ1v) is 11.6. The Morgan fingerprint density at radius 3 is 2.48 bits per heavy atom. The Morgan fingerprint density at radius 2 is 1.81 bits per heavy atom. The predicted molar refractivity (Wildman–Crippen MR) is 106 cm³/mol. The molecule has 1 aromatic carbocycles. The Labute approximate surface area is 163 Å². The van der Waals surface area contributed by atoms with E-state index in [1.54, 1.807) is 30.3 Å². The van der Waals surface area contributed by atoms with Crippen molar-refractivity contribution in [2.45, 2.75) is 62.4 Å². The summed E-state index contributed by atoms with van der Waals surface area (Å²) in [6.45, 7) is 5.74. The predicted octanol–water partition coefficient (Wildman–Crippen LogP) is 2.22. The van der Waals surface area contributed by atoms with E-state index in [2.05, 4.69) is 17.1 Å². The normalized spacial score (nSPS) is 22.8. The fourth-order valence-corrected chi connectivity index (χ4v) is 5.68. The van der Waals surface area contributed by atoms with Gasteiger partial charge in [-0.15, -0.1) is 0 Å². The largest absolute Gasteiger partial charge is 0.352 e. The molecule has 0 saturated carbocycles. The molecule has 7 heteroatoms. The molecule has 3 rings (SSSR count). The maximum Gasteiger partial charge on any atom is 0.243 e. The van der Waals surface area contributed by atoms with Gasteiger partial charge in [0.05, 0.1) is 4.90 Å². The van der Waals surface area contributed by atoms with Crippen LogP contribution in [0.25, 0.3) is 0 Å². The highest BCUT2D eigenvalue weighted by Gasteiger charge is 2.40. The van der Waals surface area contributed by atoms with Crippen LogP contribution in [0.3, 0.4) is 0 Å². The van der Waals surface area contributed by atoms with Gasteiger partial charge in [0.2, 0.25) is 15.9 Å². The molecule has 0 bridgehead atoms. The maximum atomic E-state index is 12.9. The van der Waals surface area contributed by atoms with Gasteiger partial charge in [-0.05, 0) is 50.8 Å². The first-order chi connectivity index (χ1) is 13.0. The molecule has 1 amide bonds. The van der Waals surface area contributed by atoms with Gasteiger partial charge in [0.25, 0.3) is 0 Å². The van der Waals surface area contributed by atoms with Gasteiger partial charge in [-0.1, -0.05) is 31.5 Å². The Kier molecular flexibility index (Phi) is 6.89. The number of nitrogens with one attached hydrogen (secondary N) is 1. The molecule has 2 fully saturated rings. The summed E-state index contributed by atoms with van der Waals surface area (Å²) in [5.41, 5.74) is 0. The van der Waals surface area contributed by atoms with Crippen LogP contribution in [0, 0.1) is 0 Å². The maximum absolute atomic E-state index is 12.9. The Morgan fingerprint density at radius 1 is 1.11 bits per heavy atom. The molecule has 1 N–H and O–H groups in total. The van der Waals surface area contributed by atoms with Crippen molar-refractivity contribution in [3.05, 3.63) is 30.3 Å². The lowest BCUT2D eigenvalue weighted by Gasteiger charge is -2.33. The minimum atomic E-state index is -3.63. The van der Waals surface area contributed by atoms with E-state index in [-0.39, 0.29) is 16.8 Å². The SMILES string of the molecule is CCCCN1CCC(NC(=O)C2CCCN2S(=O)(=O)c2ccccc2)CC1. The fourth-order valence-electron chi connectivity index (χ4n) is 4.00. The number of sulfonamides is 1. The van der Waals surface area contributed by atoms with Gasteiger partial charge in [-0.2, -0.15) is 4.31 Å². The van der Waals surface area contributed by atoms with Crippen LogP contribution in [0.15, 0.2) is 35.2 Å². The van der Waals surface area contributed by atoms with Crippen LogP contribution in [0.4, 0.5) is 0 Å². The average molecular weight is 394 g/mol. The van der Waals surface area contributed by atoms with Crippen molar-refractivity contribution in [1.82, 2.24) is 14.5 Å². The zero-order chi connectivity index (χ0) is 19.3. The molecule has 2 saturated heterocycles. The lowest BCUT2D eigenvalue weighted by Crippen LogP contribution is -2.51. The quantitative estimate of drug-likeness (QED) is 0.771. The molecule has 2 heterocycles. The second kappa shape index (κ2) is 9.17. The molecule has 1 aromatic rings. The molecule has 0 aliphatic carbocycles. The number of hydrogen-bond acceptors (Lipinski definition) is 4. The fraction of sp³-hybridized carbons (Fsp3) is 0.650. The number of piperidine rings is 1. The van der Waals surface area contributed by atoms with E-state index in [9.17, 15) is 13.2 Å². The smallest absolute Gasteiger partial charge is 0.243 e.